The molecule has 2 aromatic carbocycles. The Hall–Kier alpha value is -3.21. The SMILES string of the molecule is CCCCN(C(=O)C(C)n1nc(-c2ccc(C)cc2)ccc1=O)c1ccccc1. The summed E-state index contributed by atoms with van der Waals surface area (Å²) in [5.74, 6) is -0.139. The molecule has 3 rings (SSSR count). The number of benzene rings is 2. The van der Waals surface area contributed by atoms with Gasteiger partial charge in [-0.15, -0.1) is 0 Å². The summed E-state index contributed by atoms with van der Waals surface area (Å²) in [6.07, 6.45) is 1.87. The molecule has 29 heavy (non-hydrogen) atoms. The minimum Gasteiger partial charge on any atom is -0.311 e. The summed E-state index contributed by atoms with van der Waals surface area (Å²) in [6.45, 7) is 6.45. The van der Waals surface area contributed by atoms with Crippen LogP contribution in [-0.2, 0) is 4.79 Å². The first kappa shape index (κ1) is 20.5. The molecule has 1 heterocycles. The number of aromatic nitrogens is 2. The fourth-order valence-electron chi connectivity index (χ4n) is 3.20. The first-order chi connectivity index (χ1) is 14.0. The summed E-state index contributed by atoms with van der Waals surface area (Å²) in [5.41, 5.74) is 3.28. The number of rotatable bonds is 7. The summed E-state index contributed by atoms with van der Waals surface area (Å²) < 4.78 is 1.29. The van der Waals surface area contributed by atoms with Gasteiger partial charge in [0.1, 0.15) is 6.04 Å². The Labute approximate surface area is 171 Å². The van der Waals surface area contributed by atoms with E-state index in [0.29, 0.717) is 12.2 Å². The molecule has 0 spiro atoms. The van der Waals surface area contributed by atoms with Crippen molar-refractivity contribution in [3.05, 3.63) is 82.6 Å². The van der Waals surface area contributed by atoms with Crippen LogP contribution in [0, 0.1) is 6.92 Å². The van der Waals surface area contributed by atoms with Crippen LogP contribution in [0.25, 0.3) is 11.3 Å². The van der Waals surface area contributed by atoms with Gasteiger partial charge < -0.3 is 4.90 Å². The fourth-order valence-corrected chi connectivity index (χ4v) is 3.20. The lowest BCUT2D eigenvalue weighted by Gasteiger charge is -2.26. The van der Waals surface area contributed by atoms with Crippen molar-refractivity contribution in [2.24, 2.45) is 0 Å². The van der Waals surface area contributed by atoms with Crippen LogP contribution < -0.4 is 10.5 Å². The Morgan fingerprint density at radius 1 is 1.03 bits per heavy atom. The van der Waals surface area contributed by atoms with Crippen LogP contribution >= 0.6 is 0 Å². The van der Waals surface area contributed by atoms with Gasteiger partial charge in [0, 0.05) is 23.9 Å². The van der Waals surface area contributed by atoms with E-state index >= 15 is 0 Å². The van der Waals surface area contributed by atoms with Crippen LogP contribution in [0.5, 0.6) is 0 Å². The minimum atomic E-state index is -0.704. The van der Waals surface area contributed by atoms with Crippen LogP contribution in [0.2, 0.25) is 0 Å². The molecular formula is C24H27N3O2. The molecule has 1 amide bonds. The average molecular weight is 389 g/mol. The van der Waals surface area contributed by atoms with Crippen molar-refractivity contribution in [2.45, 2.75) is 39.7 Å². The van der Waals surface area contributed by atoms with Gasteiger partial charge in [0.25, 0.3) is 11.5 Å². The lowest BCUT2D eigenvalue weighted by atomic mass is 10.1. The van der Waals surface area contributed by atoms with E-state index in [0.717, 1.165) is 29.7 Å². The molecule has 0 aliphatic carbocycles. The molecule has 1 aromatic heterocycles. The normalized spacial score (nSPS) is 11.8. The molecule has 0 aliphatic rings. The molecule has 150 valence electrons. The zero-order valence-electron chi connectivity index (χ0n) is 17.2. The van der Waals surface area contributed by atoms with Crippen LogP contribution in [0.1, 0.15) is 38.3 Å². The standard InChI is InChI=1S/C24H27N3O2/c1-4-5-17-26(21-9-7-6-8-10-21)24(29)19(3)27-23(28)16-15-22(25-27)20-13-11-18(2)12-14-20/h6-16,19H,4-5,17H2,1-3H3. The van der Waals surface area contributed by atoms with Gasteiger partial charge in [0.05, 0.1) is 5.69 Å². The number of nitrogens with zero attached hydrogens (tertiary/aromatic N) is 3. The van der Waals surface area contributed by atoms with Crippen molar-refractivity contribution < 1.29 is 4.79 Å². The summed E-state index contributed by atoms with van der Waals surface area (Å²) in [7, 11) is 0. The Bertz CT molecular complexity index is 1010. The summed E-state index contributed by atoms with van der Waals surface area (Å²) in [6, 6.07) is 20.0. The number of hydrogen-bond acceptors (Lipinski definition) is 3. The smallest absolute Gasteiger partial charge is 0.267 e. The highest BCUT2D eigenvalue weighted by molar-refractivity contribution is 5.95. The molecule has 5 nitrogen and oxygen atoms in total. The number of carbonyl (C=O) groups is 1. The van der Waals surface area contributed by atoms with Crippen LogP contribution in [-0.4, -0.2) is 22.2 Å². The van der Waals surface area contributed by atoms with E-state index in [9.17, 15) is 9.59 Å². The van der Waals surface area contributed by atoms with Crippen LogP contribution in [0.15, 0.2) is 71.5 Å². The molecule has 1 atom stereocenters. The average Bonchev–Trinajstić information content (AvgIpc) is 2.75. The van der Waals surface area contributed by atoms with E-state index in [1.54, 1.807) is 17.9 Å². The van der Waals surface area contributed by atoms with Gasteiger partial charge in [-0.05, 0) is 38.5 Å². The number of anilines is 1. The maximum Gasteiger partial charge on any atom is 0.267 e. The van der Waals surface area contributed by atoms with Gasteiger partial charge in [-0.2, -0.15) is 5.10 Å². The van der Waals surface area contributed by atoms with Crippen molar-refractivity contribution in [3.8, 4) is 11.3 Å². The monoisotopic (exact) mass is 389 g/mol. The largest absolute Gasteiger partial charge is 0.311 e. The van der Waals surface area contributed by atoms with Gasteiger partial charge in [0.2, 0.25) is 0 Å². The maximum absolute atomic E-state index is 13.3. The van der Waals surface area contributed by atoms with Crippen LogP contribution in [0.4, 0.5) is 5.69 Å². The molecular weight excluding hydrogens is 362 g/mol. The zero-order valence-corrected chi connectivity index (χ0v) is 17.2. The third-order valence-electron chi connectivity index (χ3n) is 4.97. The summed E-state index contributed by atoms with van der Waals surface area (Å²) in [4.78, 5) is 27.6. The highest BCUT2D eigenvalue weighted by Gasteiger charge is 2.24. The predicted molar refractivity (Wildman–Crippen MR) is 117 cm³/mol. The first-order valence-corrected chi connectivity index (χ1v) is 10.0. The number of unbranched alkanes of at least 4 members (excludes halogenated alkanes) is 1. The minimum absolute atomic E-state index is 0.139. The van der Waals surface area contributed by atoms with Gasteiger partial charge in [-0.1, -0.05) is 61.4 Å². The number of amides is 1. The molecule has 3 aromatic rings. The lowest BCUT2D eigenvalue weighted by molar-refractivity contribution is -0.121. The fraction of sp³-hybridized carbons (Fsp3) is 0.292. The zero-order chi connectivity index (χ0) is 20.8. The van der Waals surface area contributed by atoms with E-state index < -0.39 is 6.04 Å². The second kappa shape index (κ2) is 9.32. The van der Waals surface area contributed by atoms with E-state index in [-0.39, 0.29) is 11.5 Å². The van der Waals surface area contributed by atoms with Gasteiger partial charge >= 0.3 is 0 Å². The molecule has 0 radical (unpaired) electrons. The Kier molecular flexibility index (Phi) is 6.60. The topological polar surface area (TPSA) is 55.2 Å². The quantitative estimate of drug-likeness (QED) is 0.593. The van der Waals surface area contributed by atoms with E-state index in [1.807, 2.05) is 61.5 Å². The van der Waals surface area contributed by atoms with Gasteiger partial charge in [-0.25, -0.2) is 4.68 Å². The molecule has 0 N–H and O–H groups in total. The molecule has 0 fully saturated rings. The molecule has 5 heteroatoms. The van der Waals surface area contributed by atoms with Crippen molar-refractivity contribution in [1.29, 1.82) is 0 Å². The number of hydrogen-bond donors (Lipinski definition) is 0. The molecule has 0 saturated heterocycles. The van der Waals surface area contributed by atoms with E-state index in [1.165, 1.54) is 10.7 Å². The van der Waals surface area contributed by atoms with Crippen LogP contribution in [0.3, 0.4) is 0 Å². The van der Waals surface area contributed by atoms with Crippen molar-refractivity contribution in [2.75, 3.05) is 11.4 Å². The molecule has 0 saturated carbocycles. The van der Waals surface area contributed by atoms with E-state index in [2.05, 4.69) is 12.0 Å². The maximum atomic E-state index is 13.3. The summed E-state index contributed by atoms with van der Waals surface area (Å²) in [5, 5.41) is 4.51. The van der Waals surface area contributed by atoms with Crippen molar-refractivity contribution >= 4 is 11.6 Å². The Morgan fingerprint density at radius 3 is 2.38 bits per heavy atom. The Balaban J connectivity index is 1.94. The lowest BCUT2D eigenvalue weighted by Crippen LogP contribution is -2.40. The number of carbonyl (C=O) groups excluding carboxylic acids is 1. The third kappa shape index (κ3) is 4.80. The highest BCUT2D eigenvalue weighted by Crippen LogP contribution is 2.20. The predicted octanol–water partition coefficient (Wildman–Crippen LogP) is 4.61. The highest BCUT2D eigenvalue weighted by atomic mass is 16.2. The second-order valence-corrected chi connectivity index (χ2v) is 7.22. The molecule has 0 bridgehead atoms. The number of para-hydroxylation sites is 1. The van der Waals surface area contributed by atoms with Crippen molar-refractivity contribution in [3.63, 3.8) is 0 Å². The number of aryl methyl sites for hydroxylation is 1. The molecule has 0 aliphatic heterocycles. The van der Waals surface area contributed by atoms with E-state index in [4.69, 9.17) is 0 Å². The second-order valence-electron chi connectivity index (χ2n) is 7.22. The van der Waals surface area contributed by atoms with Crippen molar-refractivity contribution in [1.82, 2.24) is 9.78 Å². The third-order valence-corrected chi connectivity index (χ3v) is 4.97. The van der Waals surface area contributed by atoms with Gasteiger partial charge in [-0.3, -0.25) is 9.59 Å². The summed E-state index contributed by atoms with van der Waals surface area (Å²) >= 11 is 0. The Morgan fingerprint density at radius 2 is 1.72 bits per heavy atom. The van der Waals surface area contributed by atoms with Gasteiger partial charge in [0.15, 0.2) is 0 Å². The molecule has 1 unspecified atom stereocenters. The first-order valence-electron chi connectivity index (χ1n) is 10.0.